The number of hydrogen-bond acceptors (Lipinski definition) is 2. The van der Waals surface area contributed by atoms with Gasteiger partial charge in [0.2, 0.25) is 5.91 Å². The standard InChI is InChI=1S/C16H24N2O/c1-2-14-9-6-12-18(14)16(19)15(17)11-10-13-7-4-3-5-8-13/h3-5,7-8,14-15H,2,6,9-12,17H2,1H3. The molecule has 104 valence electrons. The predicted molar refractivity (Wildman–Crippen MR) is 77.8 cm³/mol. The number of carbonyl (C=O) groups excluding carboxylic acids is 1. The van der Waals surface area contributed by atoms with Gasteiger partial charge in [0.15, 0.2) is 0 Å². The lowest BCUT2D eigenvalue weighted by molar-refractivity contribution is -0.133. The van der Waals surface area contributed by atoms with Gasteiger partial charge in [0.25, 0.3) is 0 Å². The van der Waals surface area contributed by atoms with Crippen molar-refractivity contribution in [1.29, 1.82) is 0 Å². The van der Waals surface area contributed by atoms with Crippen molar-refractivity contribution in [2.45, 2.75) is 51.1 Å². The van der Waals surface area contributed by atoms with Crippen molar-refractivity contribution in [3.05, 3.63) is 35.9 Å². The van der Waals surface area contributed by atoms with E-state index in [-0.39, 0.29) is 11.9 Å². The van der Waals surface area contributed by atoms with Gasteiger partial charge in [-0.1, -0.05) is 37.3 Å². The van der Waals surface area contributed by atoms with Crippen LogP contribution in [0.3, 0.4) is 0 Å². The van der Waals surface area contributed by atoms with Gasteiger partial charge in [-0.05, 0) is 37.7 Å². The van der Waals surface area contributed by atoms with E-state index in [1.165, 1.54) is 5.56 Å². The van der Waals surface area contributed by atoms with Crippen molar-refractivity contribution in [2.24, 2.45) is 5.73 Å². The molecule has 3 heteroatoms. The number of nitrogens with two attached hydrogens (primary N) is 1. The quantitative estimate of drug-likeness (QED) is 0.883. The molecule has 0 aliphatic carbocycles. The zero-order valence-corrected chi connectivity index (χ0v) is 11.7. The fourth-order valence-corrected chi connectivity index (χ4v) is 2.85. The van der Waals surface area contributed by atoms with E-state index in [1.807, 2.05) is 23.1 Å². The van der Waals surface area contributed by atoms with Gasteiger partial charge in [-0.3, -0.25) is 4.79 Å². The van der Waals surface area contributed by atoms with E-state index in [0.29, 0.717) is 6.04 Å². The molecule has 1 fully saturated rings. The van der Waals surface area contributed by atoms with Crippen LogP contribution in [-0.2, 0) is 11.2 Å². The summed E-state index contributed by atoms with van der Waals surface area (Å²) in [5.41, 5.74) is 7.32. The van der Waals surface area contributed by atoms with Gasteiger partial charge in [-0.25, -0.2) is 0 Å². The number of benzene rings is 1. The summed E-state index contributed by atoms with van der Waals surface area (Å²) in [5.74, 6) is 0.139. The first kappa shape index (κ1) is 14.1. The summed E-state index contributed by atoms with van der Waals surface area (Å²) in [4.78, 5) is 14.3. The fraction of sp³-hybridized carbons (Fsp3) is 0.562. The Bertz CT molecular complexity index is 404. The molecule has 1 aliphatic rings. The monoisotopic (exact) mass is 260 g/mol. The molecule has 19 heavy (non-hydrogen) atoms. The second-order valence-electron chi connectivity index (χ2n) is 5.37. The molecular weight excluding hydrogens is 236 g/mol. The second kappa shape index (κ2) is 6.71. The van der Waals surface area contributed by atoms with Crippen LogP contribution in [0.2, 0.25) is 0 Å². The zero-order valence-electron chi connectivity index (χ0n) is 11.7. The Morgan fingerprint density at radius 3 is 2.84 bits per heavy atom. The van der Waals surface area contributed by atoms with Gasteiger partial charge >= 0.3 is 0 Å². The average Bonchev–Trinajstić information content (AvgIpc) is 2.93. The smallest absolute Gasteiger partial charge is 0.239 e. The SMILES string of the molecule is CCC1CCCN1C(=O)C(N)CCc1ccccc1. The molecule has 3 nitrogen and oxygen atoms in total. The number of hydrogen-bond donors (Lipinski definition) is 1. The minimum Gasteiger partial charge on any atom is -0.338 e. The summed E-state index contributed by atoms with van der Waals surface area (Å²) in [6, 6.07) is 10.3. The lowest BCUT2D eigenvalue weighted by atomic mass is 10.0. The molecule has 1 heterocycles. The lowest BCUT2D eigenvalue weighted by Gasteiger charge is -2.26. The van der Waals surface area contributed by atoms with Crippen molar-refractivity contribution in [3.8, 4) is 0 Å². The molecule has 1 aromatic carbocycles. The van der Waals surface area contributed by atoms with Gasteiger partial charge in [0, 0.05) is 12.6 Å². The average molecular weight is 260 g/mol. The first-order chi connectivity index (χ1) is 9.22. The van der Waals surface area contributed by atoms with Crippen molar-refractivity contribution in [2.75, 3.05) is 6.54 Å². The molecule has 1 saturated heterocycles. The van der Waals surface area contributed by atoms with Crippen LogP contribution in [0, 0.1) is 0 Å². The highest BCUT2D eigenvalue weighted by Gasteiger charge is 2.30. The maximum atomic E-state index is 12.3. The number of carbonyl (C=O) groups is 1. The largest absolute Gasteiger partial charge is 0.338 e. The summed E-state index contributed by atoms with van der Waals surface area (Å²) in [7, 11) is 0. The molecule has 2 N–H and O–H groups in total. The first-order valence-electron chi connectivity index (χ1n) is 7.32. The summed E-state index contributed by atoms with van der Waals surface area (Å²) in [5, 5.41) is 0. The Kier molecular flexibility index (Phi) is 4.97. The van der Waals surface area contributed by atoms with Crippen molar-refractivity contribution >= 4 is 5.91 Å². The summed E-state index contributed by atoms with van der Waals surface area (Å²) < 4.78 is 0. The minimum atomic E-state index is -0.354. The number of amides is 1. The molecule has 2 rings (SSSR count). The molecule has 2 unspecified atom stereocenters. The van der Waals surface area contributed by atoms with Crippen LogP contribution in [0.5, 0.6) is 0 Å². The molecule has 0 aromatic heterocycles. The lowest BCUT2D eigenvalue weighted by Crippen LogP contribution is -2.46. The van der Waals surface area contributed by atoms with Gasteiger partial charge in [-0.15, -0.1) is 0 Å². The predicted octanol–water partition coefficient (Wildman–Crippen LogP) is 2.35. The normalized spacial score (nSPS) is 20.5. The fourth-order valence-electron chi connectivity index (χ4n) is 2.85. The zero-order chi connectivity index (χ0) is 13.7. The highest BCUT2D eigenvalue weighted by Crippen LogP contribution is 2.21. The Labute approximate surface area is 115 Å². The number of nitrogens with zero attached hydrogens (tertiary/aromatic N) is 1. The van der Waals surface area contributed by atoms with Crippen LogP contribution in [0.1, 0.15) is 38.2 Å². The third-order valence-corrected chi connectivity index (χ3v) is 4.04. The molecule has 0 radical (unpaired) electrons. The highest BCUT2D eigenvalue weighted by molar-refractivity contribution is 5.82. The third-order valence-electron chi connectivity index (χ3n) is 4.04. The first-order valence-corrected chi connectivity index (χ1v) is 7.32. The van der Waals surface area contributed by atoms with Crippen molar-refractivity contribution < 1.29 is 4.79 Å². The molecule has 1 amide bonds. The maximum Gasteiger partial charge on any atom is 0.239 e. The van der Waals surface area contributed by atoms with Crippen molar-refractivity contribution in [1.82, 2.24) is 4.90 Å². The Morgan fingerprint density at radius 1 is 1.42 bits per heavy atom. The summed E-state index contributed by atoms with van der Waals surface area (Å²) >= 11 is 0. The topological polar surface area (TPSA) is 46.3 Å². The summed E-state index contributed by atoms with van der Waals surface area (Å²) in [6.45, 7) is 3.03. The van der Waals surface area contributed by atoms with Crippen LogP contribution < -0.4 is 5.73 Å². The molecule has 1 aliphatic heterocycles. The van der Waals surface area contributed by atoms with E-state index in [2.05, 4.69) is 19.1 Å². The minimum absolute atomic E-state index is 0.139. The third kappa shape index (κ3) is 3.57. The molecule has 0 bridgehead atoms. The maximum absolute atomic E-state index is 12.3. The van der Waals surface area contributed by atoms with E-state index < -0.39 is 0 Å². The van der Waals surface area contributed by atoms with E-state index in [1.54, 1.807) is 0 Å². The Hall–Kier alpha value is -1.35. The van der Waals surface area contributed by atoms with Gasteiger partial charge in [0.1, 0.15) is 0 Å². The molecule has 0 saturated carbocycles. The number of rotatable bonds is 5. The summed E-state index contributed by atoms with van der Waals surface area (Å²) in [6.07, 6.45) is 4.90. The van der Waals surface area contributed by atoms with E-state index in [9.17, 15) is 4.79 Å². The van der Waals surface area contributed by atoms with Crippen molar-refractivity contribution in [3.63, 3.8) is 0 Å². The van der Waals surface area contributed by atoms with Gasteiger partial charge in [0.05, 0.1) is 6.04 Å². The molecular formula is C16H24N2O. The Morgan fingerprint density at radius 2 is 2.16 bits per heavy atom. The van der Waals surface area contributed by atoms with E-state index in [0.717, 1.165) is 38.6 Å². The second-order valence-corrected chi connectivity index (χ2v) is 5.37. The van der Waals surface area contributed by atoms with Crippen LogP contribution in [-0.4, -0.2) is 29.4 Å². The van der Waals surface area contributed by atoms with Gasteiger partial charge < -0.3 is 10.6 Å². The Balaban J connectivity index is 1.85. The number of aryl methyl sites for hydroxylation is 1. The molecule has 2 atom stereocenters. The van der Waals surface area contributed by atoms with Crippen LogP contribution in [0.15, 0.2) is 30.3 Å². The molecule has 0 spiro atoms. The van der Waals surface area contributed by atoms with Gasteiger partial charge in [-0.2, -0.15) is 0 Å². The van der Waals surface area contributed by atoms with E-state index in [4.69, 9.17) is 5.73 Å². The van der Waals surface area contributed by atoms with Crippen LogP contribution >= 0.6 is 0 Å². The van der Waals surface area contributed by atoms with Crippen LogP contribution in [0.4, 0.5) is 0 Å². The number of likely N-dealkylation sites (tertiary alicyclic amines) is 1. The van der Waals surface area contributed by atoms with E-state index >= 15 is 0 Å². The highest BCUT2D eigenvalue weighted by atomic mass is 16.2. The van der Waals surface area contributed by atoms with Crippen LogP contribution in [0.25, 0.3) is 0 Å². The molecule has 1 aromatic rings.